The van der Waals surface area contributed by atoms with Crippen LogP contribution in [0, 0.1) is 6.92 Å². The third-order valence-electron chi connectivity index (χ3n) is 1.44. The molecule has 5 heteroatoms. The summed E-state index contributed by atoms with van der Waals surface area (Å²) in [5.41, 5.74) is 1.04. The molecular weight excluding hydrogens is 300 g/mol. The molecule has 70 valence electrons. The van der Waals surface area contributed by atoms with Gasteiger partial charge in [0.15, 0.2) is 0 Å². The summed E-state index contributed by atoms with van der Waals surface area (Å²) in [6.45, 7) is 1.94. The van der Waals surface area contributed by atoms with Crippen LogP contribution >= 0.6 is 31.9 Å². The van der Waals surface area contributed by atoms with E-state index in [-0.39, 0.29) is 11.2 Å². The Morgan fingerprint density at radius 2 is 2.38 bits per heavy atom. The van der Waals surface area contributed by atoms with E-state index in [0.717, 1.165) is 10.0 Å². The molecule has 0 radical (unpaired) electrons. The van der Waals surface area contributed by atoms with Crippen LogP contribution in [0.5, 0.6) is 0 Å². The number of carbonyl (C=O) groups is 1. The van der Waals surface area contributed by atoms with E-state index < -0.39 is 0 Å². The molecule has 0 bridgehead atoms. The maximum Gasteiger partial charge on any atom is 0.236 e. The van der Waals surface area contributed by atoms with Crippen LogP contribution in [0.25, 0.3) is 0 Å². The first kappa shape index (κ1) is 10.7. The number of carbonyl (C=O) groups excluding carboxylic acids is 1. The summed E-state index contributed by atoms with van der Waals surface area (Å²) in [5.74, 6) is 0.472. The average molecular weight is 308 g/mol. The number of halogens is 2. The van der Waals surface area contributed by atoms with Gasteiger partial charge in [0.05, 0.1) is 5.33 Å². The summed E-state index contributed by atoms with van der Waals surface area (Å²) in [6, 6.07) is 1.81. The van der Waals surface area contributed by atoms with E-state index in [2.05, 4.69) is 42.2 Å². The molecule has 0 fully saturated rings. The fourth-order valence-electron chi connectivity index (χ4n) is 0.784. The van der Waals surface area contributed by atoms with E-state index >= 15 is 0 Å². The predicted octanol–water partition coefficient (Wildman–Crippen LogP) is 2.49. The second-order valence-corrected chi connectivity index (χ2v) is 3.92. The molecule has 1 amide bonds. The number of pyridine rings is 1. The molecule has 1 aromatic rings. The summed E-state index contributed by atoms with van der Waals surface area (Å²) >= 11 is 6.38. The fraction of sp³-hybridized carbons (Fsp3) is 0.250. The molecular formula is C8H8Br2N2O. The van der Waals surface area contributed by atoms with Gasteiger partial charge in [0, 0.05) is 10.7 Å². The Balaban J connectivity index is 2.79. The van der Waals surface area contributed by atoms with Gasteiger partial charge in [0.25, 0.3) is 0 Å². The molecule has 0 aliphatic rings. The van der Waals surface area contributed by atoms with Gasteiger partial charge >= 0.3 is 0 Å². The molecule has 0 atom stereocenters. The lowest BCUT2D eigenvalue weighted by molar-refractivity contribution is -0.113. The smallest absolute Gasteiger partial charge is 0.236 e. The predicted molar refractivity (Wildman–Crippen MR) is 59.1 cm³/mol. The van der Waals surface area contributed by atoms with Crippen molar-refractivity contribution in [3.63, 3.8) is 0 Å². The van der Waals surface area contributed by atoms with Gasteiger partial charge < -0.3 is 5.32 Å². The standard InChI is InChI=1S/C8H8Br2N2O/c1-5-2-7(11-4-6(5)10)12-8(13)3-9/h2,4H,3H2,1H3,(H,11,12,13). The molecule has 0 aliphatic heterocycles. The van der Waals surface area contributed by atoms with Gasteiger partial charge in [-0.2, -0.15) is 0 Å². The minimum atomic E-state index is -0.103. The highest BCUT2D eigenvalue weighted by atomic mass is 79.9. The van der Waals surface area contributed by atoms with Crippen LogP contribution in [0.3, 0.4) is 0 Å². The highest BCUT2D eigenvalue weighted by Gasteiger charge is 2.02. The quantitative estimate of drug-likeness (QED) is 0.853. The van der Waals surface area contributed by atoms with Crippen molar-refractivity contribution in [2.75, 3.05) is 10.6 Å². The zero-order chi connectivity index (χ0) is 9.84. The number of aryl methyl sites for hydroxylation is 1. The minimum Gasteiger partial charge on any atom is -0.310 e. The van der Waals surface area contributed by atoms with Gasteiger partial charge in [-0.15, -0.1) is 0 Å². The van der Waals surface area contributed by atoms with Crippen LogP contribution in [-0.2, 0) is 4.79 Å². The number of amides is 1. The van der Waals surface area contributed by atoms with Crippen molar-refractivity contribution in [3.05, 3.63) is 22.3 Å². The number of hydrogen-bond donors (Lipinski definition) is 1. The van der Waals surface area contributed by atoms with E-state index in [9.17, 15) is 4.79 Å². The number of rotatable bonds is 2. The number of alkyl halides is 1. The van der Waals surface area contributed by atoms with Gasteiger partial charge in [0.2, 0.25) is 5.91 Å². The molecule has 1 aromatic heterocycles. The van der Waals surface area contributed by atoms with Crippen molar-refractivity contribution < 1.29 is 4.79 Å². The van der Waals surface area contributed by atoms with Crippen LogP contribution in [0.1, 0.15) is 5.56 Å². The fourth-order valence-corrected chi connectivity index (χ4v) is 1.14. The second-order valence-electron chi connectivity index (χ2n) is 2.50. The van der Waals surface area contributed by atoms with Crippen molar-refractivity contribution >= 4 is 43.6 Å². The van der Waals surface area contributed by atoms with Crippen molar-refractivity contribution in [1.29, 1.82) is 0 Å². The molecule has 0 spiro atoms. The minimum absolute atomic E-state index is 0.103. The zero-order valence-corrected chi connectivity index (χ0v) is 10.1. The second kappa shape index (κ2) is 4.72. The Morgan fingerprint density at radius 3 is 2.92 bits per heavy atom. The molecule has 0 unspecified atom stereocenters. The van der Waals surface area contributed by atoms with Gasteiger partial charge in [-0.05, 0) is 34.5 Å². The first-order chi connectivity index (χ1) is 6.13. The topological polar surface area (TPSA) is 42.0 Å². The molecule has 0 aliphatic carbocycles. The molecule has 0 saturated heterocycles. The van der Waals surface area contributed by atoms with E-state index in [1.165, 1.54) is 0 Å². The Kier molecular flexibility index (Phi) is 3.87. The largest absolute Gasteiger partial charge is 0.310 e. The Labute approximate surface area is 93.2 Å². The normalized spacial score (nSPS) is 9.77. The first-order valence-electron chi connectivity index (χ1n) is 3.61. The molecule has 3 nitrogen and oxygen atoms in total. The summed E-state index contributed by atoms with van der Waals surface area (Å²) < 4.78 is 0.935. The van der Waals surface area contributed by atoms with Crippen LogP contribution < -0.4 is 5.32 Å². The lowest BCUT2D eigenvalue weighted by Crippen LogP contribution is -2.13. The Hall–Kier alpha value is -0.420. The third-order valence-corrected chi connectivity index (χ3v) is 2.78. The highest BCUT2D eigenvalue weighted by molar-refractivity contribution is 9.10. The SMILES string of the molecule is Cc1cc(NC(=O)CBr)ncc1Br. The summed E-state index contributed by atoms with van der Waals surface area (Å²) in [4.78, 5) is 15.0. The van der Waals surface area contributed by atoms with Gasteiger partial charge in [-0.25, -0.2) is 4.98 Å². The Morgan fingerprint density at radius 1 is 1.69 bits per heavy atom. The van der Waals surface area contributed by atoms with Crippen LogP contribution in [0.2, 0.25) is 0 Å². The third kappa shape index (κ3) is 3.08. The molecule has 0 saturated carbocycles. The molecule has 1 N–H and O–H groups in total. The summed E-state index contributed by atoms with van der Waals surface area (Å²) in [5, 5.41) is 2.92. The highest BCUT2D eigenvalue weighted by Crippen LogP contribution is 2.17. The van der Waals surface area contributed by atoms with E-state index in [4.69, 9.17) is 0 Å². The monoisotopic (exact) mass is 306 g/mol. The maximum absolute atomic E-state index is 11.0. The van der Waals surface area contributed by atoms with Crippen molar-refractivity contribution in [3.8, 4) is 0 Å². The van der Waals surface area contributed by atoms with E-state index in [1.807, 2.05) is 13.0 Å². The van der Waals surface area contributed by atoms with Crippen molar-refractivity contribution in [1.82, 2.24) is 4.98 Å². The van der Waals surface area contributed by atoms with Crippen molar-refractivity contribution in [2.24, 2.45) is 0 Å². The molecule has 0 aromatic carbocycles. The first-order valence-corrected chi connectivity index (χ1v) is 5.53. The Bertz CT molecular complexity index is 328. The average Bonchev–Trinajstić information content (AvgIpc) is 2.11. The van der Waals surface area contributed by atoms with Crippen LogP contribution in [0.15, 0.2) is 16.7 Å². The number of hydrogen-bond acceptors (Lipinski definition) is 2. The number of nitrogens with zero attached hydrogens (tertiary/aromatic N) is 1. The molecule has 1 heterocycles. The van der Waals surface area contributed by atoms with E-state index in [1.54, 1.807) is 6.20 Å². The van der Waals surface area contributed by atoms with Crippen LogP contribution in [-0.4, -0.2) is 16.2 Å². The number of aromatic nitrogens is 1. The molecule has 13 heavy (non-hydrogen) atoms. The van der Waals surface area contributed by atoms with Gasteiger partial charge in [0.1, 0.15) is 5.82 Å². The lowest BCUT2D eigenvalue weighted by Gasteiger charge is -2.03. The number of anilines is 1. The van der Waals surface area contributed by atoms with Crippen molar-refractivity contribution in [2.45, 2.75) is 6.92 Å². The summed E-state index contributed by atoms with van der Waals surface area (Å²) in [7, 11) is 0. The molecule has 1 rings (SSSR count). The summed E-state index contributed by atoms with van der Waals surface area (Å²) in [6.07, 6.45) is 1.67. The zero-order valence-electron chi connectivity index (χ0n) is 6.97. The van der Waals surface area contributed by atoms with Gasteiger partial charge in [-0.3, -0.25) is 4.79 Å². The maximum atomic E-state index is 11.0. The number of nitrogens with one attached hydrogen (secondary N) is 1. The van der Waals surface area contributed by atoms with Crippen LogP contribution in [0.4, 0.5) is 5.82 Å². The van der Waals surface area contributed by atoms with E-state index in [0.29, 0.717) is 5.82 Å². The van der Waals surface area contributed by atoms with Gasteiger partial charge in [-0.1, -0.05) is 15.9 Å². The lowest BCUT2D eigenvalue weighted by atomic mass is 10.3.